The average molecular weight is 321 g/mol. The molecule has 0 aliphatic carbocycles. The van der Waals surface area contributed by atoms with E-state index in [0.29, 0.717) is 5.56 Å². The fraction of sp³-hybridized carbons (Fsp3) is 0.267. The van der Waals surface area contributed by atoms with Crippen molar-refractivity contribution in [2.75, 3.05) is 0 Å². The molecular weight excluding hydrogens is 304 g/mol. The molecule has 1 amide bonds. The van der Waals surface area contributed by atoms with E-state index in [9.17, 15) is 4.79 Å². The number of amides is 1. The summed E-state index contributed by atoms with van der Waals surface area (Å²) in [6.45, 7) is 4.92. The van der Waals surface area contributed by atoms with Crippen LogP contribution in [0.15, 0.2) is 34.8 Å². The molecule has 0 aliphatic rings. The minimum atomic E-state index is -0.392. The highest BCUT2D eigenvalue weighted by Gasteiger charge is 2.22. The minimum absolute atomic E-state index is 0.392. The molecule has 0 unspecified atom stereocenters. The first kappa shape index (κ1) is 13.9. The van der Waals surface area contributed by atoms with Gasteiger partial charge in [0.2, 0.25) is 0 Å². The van der Waals surface area contributed by atoms with Gasteiger partial charge < -0.3 is 10.3 Å². The predicted molar refractivity (Wildman–Crippen MR) is 81.1 cm³/mol. The molecule has 0 bridgehead atoms. The Morgan fingerprint density at radius 2 is 1.95 bits per heavy atom. The fourth-order valence-corrected chi connectivity index (χ4v) is 3.29. The molecule has 2 N–H and O–H groups in total. The molecule has 19 heavy (non-hydrogen) atoms. The number of halogens is 1. The number of primary amides is 1. The van der Waals surface area contributed by atoms with Crippen LogP contribution >= 0.6 is 15.9 Å². The summed E-state index contributed by atoms with van der Waals surface area (Å²) in [6, 6.07) is 10.0. The maximum atomic E-state index is 11.6. The van der Waals surface area contributed by atoms with Crippen molar-refractivity contribution in [3.8, 4) is 11.3 Å². The summed E-state index contributed by atoms with van der Waals surface area (Å²) in [7, 11) is 0. The second kappa shape index (κ2) is 5.61. The van der Waals surface area contributed by atoms with Gasteiger partial charge in [-0.25, -0.2) is 0 Å². The van der Waals surface area contributed by atoms with E-state index in [1.54, 1.807) is 0 Å². The Bertz CT molecular complexity index is 602. The van der Waals surface area contributed by atoms with Crippen LogP contribution in [-0.2, 0) is 6.54 Å². The van der Waals surface area contributed by atoms with Crippen LogP contribution in [0.2, 0.25) is 0 Å². The van der Waals surface area contributed by atoms with Crippen molar-refractivity contribution in [1.82, 2.24) is 4.57 Å². The van der Waals surface area contributed by atoms with E-state index in [1.165, 1.54) is 0 Å². The lowest BCUT2D eigenvalue weighted by Gasteiger charge is -2.10. The third-order valence-corrected chi connectivity index (χ3v) is 3.98. The third-order valence-electron chi connectivity index (χ3n) is 3.20. The van der Waals surface area contributed by atoms with Gasteiger partial charge in [0, 0.05) is 12.2 Å². The molecule has 0 radical (unpaired) electrons. The summed E-state index contributed by atoms with van der Waals surface area (Å²) < 4.78 is 2.94. The van der Waals surface area contributed by atoms with E-state index in [-0.39, 0.29) is 0 Å². The number of aromatic nitrogens is 1. The number of hydrogen-bond donors (Lipinski definition) is 1. The molecular formula is C15H17BrN2O. The molecule has 0 saturated heterocycles. The maximum Gasteiger partial charge on any atom is 0.251 e. The topological polar surface area (TPSA) is 48.0 Å². The molecule has 0 atom stereocenters. The van der Waals surface area contributed by atoms with Crippen molar-refractivity contribution in [2.45, 2.75) is 26.8 Å². The first-order chi connectivity index (χ1) is 9.07. The zero-order valence-electron chi connectivity index (χ0n) is 11.1. The van der Waals surface area contributed by atoms with E-state index < -0.39 is 5.91 Å². The summed E-state index contributed by atoms with van der Waals surface area (Å²) >= 11 is 3.54. The number of carbonyl (C=O) groups is 1. The van der Waals surface area contributed by atoms with Crippen molar-refractivity contribution in [3.63, 3.8) is 0 Å². The number of nitrogens with two attached hydrogens (primary N) is 1. The van der Waals surface area contributed by atoms with Crippen molar-refractivity contribution < 1.29 is 4.79 Å². The largest absolute Gasteiger partial charge is 0.366 e. The average Bonchev–Trinajstić information content (AvgIpc) is 2.63. The van der Waals surface area contributed by atoms with Gasteiger partial charge in [-0.3, -0.25) is 4.79 Å². The highest BCUT2D eigenvalue weighted by Crippen LogP contribution is 2.35. The Hall–Kier alpha value is -1.55. The Labute approximate surface area is 121 Å². The molecule has 1 aromatic heterocycles. The second-order valence-corrected chi connectivity index (χ2v) is 5.30. The second-order valence-electron chi connectivity index (χ2n) is 4.50. The van der Waals surface area contributed by atoms with Crippen molar-refractivity contribution in [3.05, 3.63) is 46.1 Å². The Kier molecular flexibility index (Phi) is 4.10. The number of nitrogens with zero attached hydrogens (tertiary/aromatic N) is 1. The Balaban J connectivity index is 2.72. The Morgan fingerprint density at radius 1 is 1.32 bits per heavy atom. The standard InChI is InChI=1S/C15H17BrN2O/c1-3-9-18-10(2)12(15(17)19)13(16)14(18)11-7-5-4-6-8-11/h4-8H,3,9H2,1-2H3,(H2,17,19). The molecule has 0 fully saturated rings. The highest BCUT2D eigenvalue weighted by atomic mass is 79.9. The van der Waals surface area contributed by atoms with Gasteiger partial charge in [-0.2, -0.15) is 0 Å². The molecule has 3 nitrogen and oxygen atoms in total. The van der Waals surface area contributed by atoms with Crippen LogP contribution < -0.4 is 5.73 Å². The lowest BCUT2D eigenvalue weighted by molar-refractivity contribution is 0.0999. The maximum absolute atomic E-state index is 11.6. The van der Waals surface area contributed by atoms with Crippen LogP contribution in [-0.4, -0.2) is 10.5 Å². The van der Waals surface area contributed by atoms with E-state index in [1.807, 2.05) is 37.3 Å². The summed E-state index contributed by atoms with van der Waals surface area (Å²) in [5, 5.41) is 0. The van der Waals surface area contributed by atoms with Crippen LogP contribution in [0.1, 0.15) is 29.4 Å². The number of rotatable bonds is 4. The van der Waals surface area contributed by atoms with Gasteiger partial charge in [0.1, 0.15) is 0 Å². The van der Waals surface area contributed by atoms with Crippen LogP contribution in [0.3, 0.4) is 0 Å². The summed E-state index contributed by atoms with van der Waals surface area (Å²) in [5.41, 5.74) is 9.09. The van der Waals surface area contributed by atoms with Gasteiger partial charge in [0.25, 0.3) is 5.91 Å². The van der Waals surface area contributed by atoms with E-state index in [4.69, 9.17) is 5.73 Å². The van der Waals surface area contributed by atoms with Gasteiger partial charge in [-0.1, -0.05) is 37.3 Å². The normalized spacial score (nSPS) is 10.7. The fourth-order valence-electron chi connectivity index (χ4n) is 2.37. The third kappa shape index (κ3) is 2.45. The predicted octanol–water partition coefficient (Wildman–Crippen LogP) is 3.73. The molecule has 0 aliphatic heterocycles. The monoisotopic (exact) mass is 320 g/mol. The molecule has 4 heteroatoms. The van der Waals surface area contributed by atoms with E-state index >= 15 is 0 Å². The van der Waals surface area contributed by atoms with Crippen molar-refractivity contribution in [2.24, 2.45) is 5.73 Å². The zero-order valence-corrected chi connectivity index (χ0v) is 12.7. The van der Waals surface area contributed by atoms with Crippen molar-refractivity contribution >= 4 is 21.8 Å². The van der Waals surface area contributed by atoms with Gasteiger partial charge >= 0.3 is 0 Å². The van der Waals surface area contributed by atoms with Crippen LogP contribution in [0.25, 0.3) is 11.3 Å². The van der Waals surface area contributed by atoms with E-state index in [0.717, 1.165) is 34.4 Å². The van der Waals surface area contributed by atoms with Gasteiger partial charge in [0.15, 0.2) is 0 Å². The quantitative estimate of drug-likeness (QED) is 0.916. The summed E-state index contributed by atoms with van der Waals surface area (Å²) in [5.74, 6) is -0.392. The molecule has 1 aromatic carbocycles. The van der Waals surface area contributed by atoms with Crippen LogP contribution in [0.4, 0.5) is 0 Å². The zero-order chi connectivity index (χ0) is 14.0. The first-order valence-electron chi connectivity index (χ1n) is 6.31. The van der Waals surface area contributed by atoms with Crippen LogP contribution in [0.5, 0.6) is 0 Å². The summed E-state index contributed by atoms with van der Waals surface area (Å²) in [6.07, 6.45) is 1.000. The molecule has 2 aromatic rings. The number of carbonyl (C=O) groups excluding carboxylic acids is 1. The molecule has 1 heterocycles. The minimum Gasteiger partial charge on any atom is -0.366 e. The first-order valence-corrected chi connectivity index (χ1v) is 7.11. The SMILES string of the molecule is CCCn1c(C)c(C(N)=O)c(Br)c1-c1ccccc1. The number of benzene rings is 1. The summed E-state index contributed by atoms with van der Waals surface area (Å²) in [4.78, 5) is 11.6. The van der Waals surface area contributed by atoms with E-state index in [2.05, 4.69) is 27.4 Å². The van der Waals surface area contributed by atoms with Gasteiger partial charge in [-0.05, 0) is 34.8 Å². The van der Waals surface area contributed by atoms with Crippen molar-refractivity contribution in [1.29, 1.82) is 0 Å². The lowest BCUT2D eigenvalue weighted by Crippen LogP contribution is -2.13. The Morgan fingerprint density at radius 3 is 2.47 bits per heavy atom. The molecule has 0 spiro atoms. The van der Waals surface area contributed by atoms with Crippen LogP contribution in [0, 0.1) is 6.92 Å². The molecule has 0 saturated carbocycles. The smallest absolute Gasteiger partial charge is 0.251 e. The van der Waals surface area contributed by atoms with Gasteiger partial charge in [-0.15, -0.1) is 0 Å². The lowest BCUT2D eigenvalue weighted by atomic mass is 10.1. The van der Waals surface area contributed by atoms with Gasteiger partial charge in [0.05, 0.1) is 15.7 Å². The molecule has 100 valence electrons. The molecule has 2 rings (SSSR count). The highest BCUT2D eigenvalue weighted by molar-refractivity contribution is 9.10. The number of hydrogen-bond acceptors (Lipinski definition) is 1.